The minimum absolute atomic E-state index is 0.0998. The van der Waals surface area contributed by atoms with E-state index in [1.807, 2.05) is 0 Å². The van der Waals surface area contributed by atoms with Gasteiger partial charge in [-0.25, -0.2) is 13.6 Å². The molecule has 0 radical (unpaired) electrons. The van der Waals surface area contributed by atoms with E-state index in [1.54, 1.807) is 6.07 Å². The molecule has 1 rings (SSSR count). The molecule has 0 spiro atoms. The summed E-state index contributed by atoms with van der Waals surface area (Å²) in [5.74, 6) is -1.53. The van der Waals surface area contributed by atoms with Gasteiger partial charge in [0.05, 0.1) is 22.4 Å². The molecule has 0 saturated heterocycles. The Morgan fingerprint density at radius 3 is 2.69 bits per heavy atom. The summed E-state index contributed by atoms with van der Waals surface area (Å²) < 4.78 is 25.4. The summed E-state index contributed by atoms with van der Waals surface area (Å²) in [6, 6.07) is 1.56. The number of carbonyl (C=O) groups is 1. The first-order valence-corrected chi connectivity index (χ1v) is 5.14. The van der Waals surface area contributed by atoms with E-state index in [9.17, 15) is 13.6 Å². The lowest BCUT2D eigenvalue weighted by molar-refractivity contribution is 0.0684. The van der Waals surface area contributed by atoms with E-state index in [-0.39, 0.29) is 16.6 Å². The molecule has 1 heterocycles. The number of hydrogen-bond donors (Lipinski definition) is 1. The number of hydrogen-bond acceptors (Lipinski definition) is 3. The number of aromatic nitrogens is 1. The van der Waals surface area contributed by atoms with Gasteiger partial charge in [-0.05, 0) is 0 Å². The first-order valence-electron chi connectivity index (χ1n) is 4.02. The molecule has 16 heavy (non-hydrogen) atoms. The van der Waals surface area contributed by atoms with Crippen LogP contribution in [0.5, 0.6) is 0 Å². The summed E-state index contributed by atoms with van der Waals surface area (Å²) >= 11 is 2.99. The standard InChI is InChI=1S/C9H5BrF2N2O2/c10-1-6-4(2-13)7(8(11)12)5(3-14-6)9(15)16/h3,8H,1H2,(H,15,16). The van der Waals surface area contributed by atoms with Crippen LogP contribution in [0.4, 0.5) is 8.78 Å². The van der Waals surface area contributed by atoms with E-state index in [2.05, 4.69) is 20.9 Å². The summed E-state index contributed by atoms with van der Waals surface area (Å²) in [6.45, 7) is 0. The third-order valence-corrected chi connectivity index (χ3v) is 2.42. The Balaban J connectivity index is 3.58. The average molecular weight is 291 g/mol. The maximum Gasteiger partial charge on any atom is 0.337 e. The van der Waals surface area contributed by atoms with Gasteiger partial charge in [-0.3, -0.25) is 4.98 Å². The van der Waals surface area contributed by atoms with E-state index >= 15 is 0 Å². The maximum atomic E-state index is 12.7. The number of carboxylic acids is 1. The third-order valence-electron chi connectivity index (χ3n) is 1.88. The van der Waals surface area contributed by atoms with Crippen LogP contribution in [0, 0.1) is 11.3 Å². The second-order valence-electron chi connectivity index (χ2n) is 2.76. The lowest BCUT2D eigenvalue weighted by Gasteiger charge is -2.09. The van der Waals surface area contributed by atoms with Crippen molar-refractivity contribution < 1.29 is 18.7 Å². The second-order valence-corrected chi connectivity index (χ2v) is 3.32. The zero-order valence-corrected chi connectivity index (χ0v) is 9.33. The number of nitrogens with zero attached hydrogens (tertiary/aromatic N) is 2. The third kappa shape index (κ3) is 2.17. The number of aromatic carboxylic acids is 1. The van der Waals surface area contributed by atoms with E-state index < -0.39 is 23.5 Å². The monoisotopic (exact) mass is 290 g/mol. The summed E-state index contributed by atoms with van der Waals surface area (Å²) in [7, 11) is 0. The molecule has 0 bridgehead atoms. The normalized spacial score (nSPS) is 10.2. The molecule has 0 aromatic carbocycles. The lowest BCUT2D eigenvalue weighted by Crippen LogP contribution is -2.09. The molecule has 0 atom stereocenters. The van der Waals surface area contributed by atoms with Gasteiger partial charge < -0.3 is 5.11 Å². The smallest absolute Gasteiger partial charge is 0.337 e. The molecule has 7 heteroatoms. The lowest BCUT2D eigenvalue weighted by atomic mass is 10.0. The fourth-order valence-electron chi connectivity index (χ4n) is 1.19. The number of pyridine rings is 1. The highest BCUT2D eigenvalue weighted by Gasteiger charge is 2.24. The van der Waals surface area contributed by atoms with Crippen LogP contribution in [-0.2, 0) is 5.33 Å². The highest BCUT2D eigenvalue weighted by atomic mass is 79.9. The number of rotatable bonds is 3. The first-order chi connectivity index (χ1) is 7.52. The van der Waals surface area contributed by atoms with Gasteiger partial charge in [0.15, 0.2) is 0 Å². The van der Waals surface area contributed by atoms with Crippen molar-refractivity contribution in [3.8, 4) is 6.07 Å². The minimum atomic E-state index is -3.03. The van der Waals surface area contributed by atoms with Gasteiger partial charge in [-0.2, -0.15) is 5.26 Å². The second kappa shape index (κ2) is 4.99. The Morgan fingerprint density at radius 1 is 1.69 bits per heavy atom. The van der Waals surface area contributed by atoms with E-state index in [0.29, 0.717) is 0 Å². The predicted octanol–water partition coefficient (Wildman–Crippen LogP) is 2.48. The van der Waals surface area contributed by atoms with Crippen molar-refractivity contribution in [1.29, 1.82) is 5.26 Å². The topological polar surface area (TPSA) is 74.0 Å². The van der Waals surface area contributed by atoms with Crippen LogP contribution in [-0.4, -0.2) is 16.1 Å². The van der Waals surface area contributed by atoms with Crippen molar-refractivity contribution in [2.75, 3.05) is 0 Å². The van der Waals surface area contributed by atoms with Gasteiger partial charge >= 0.3 is 5.97 Å². The molecule has 0 aliphatic carbocycles. The summed E-state index contributed by atoms with van der Waals surface area (Å²) in [5, 5.41) is 17.6. The molecule has 4 nitrogen and oxygen atoms in total. The largest absolute Gasteiger partial charge is 0.478 e. The fraction of sp³-hybridized carbons (Fsp3) is 0.222. The zero-order valence-electron chi connectivity index (χ0n) is 7.75. The van der Waals surface area contributed by atoms with Crippen molar-refractivity contribution >= 4 is 21.9 Å². The molecular weight excluding hydrogens is 286 g/mol. The number of alkyl halides is 3. The molecule has 0 unspecified atom stereocenters. The summed E-state index contributed by atoms with van der Waals surface area (Å²) in [5.41, 5.74) is -1.70. The van der Waals surface area contributed by atoms with E-state index in [1.165, 1.54) is 0 Å². The zero-order chi connectivity index (χ0) is 12.3. The number of halogens is 3. The van der Waals surface area contributed by atoms with E-state index in [0.717, 1.165) is 6.20 Å². The number of nitriles is 1. The number of carboxylic acid groups (broad SMARTS) is 1. The highest BCUT2D eigenvalue weighted by molar-refractivity contribution is 9.08. The summed E-state index contributed by atoms with van der Waals surface area (Å²) in [4.78, 5) is 14.3. The Hall–Kier alpha value is -1.55. The van der Waals surface area contributed by atoms with Crippen molar-refractivity contribution in [3.05, 3.63) is 28.6 Å². The van der Waals surface area contributed by atoms with Gasteiger partial charge in [-0.1, -0.05) is 15.9 Å². The molecule has 0 aliphatic rings. The van der Waals surface area contributed by atoms with Crippen LogP contribution in [0.2, 0.25) is 0 Å². The van der Waals surface area contributed by atoms with Gasteiger partial charge in [0, 0.05) is 11.5 Å². The highest BCUT2D eigenvalue weighted by Crippen LogP contribution is 2.28. The SMILES string of the molecule is N#Cc1c(CBr)ncc(C(=O)O)c1C(F)F. The van der Waals surface area contributed by atoms with Gasteiger partial charge in [-0.15, -0.1) is 0 Å². The van der Waals surface area contributed by atoms with Crippen molar-refractivity contribution in [2.24, 2.45) is 0 Å². The molecule has 1 aromatic rings. The molecule has 0 amide bonds. The Labute approximate surface area is 97.7 Å². The summed E-state index contributed by atoms with van der Waals surface area (Å²) in [6.07, 6.45) is -2.19. The van der Waals surface area contributed by atoms with Crippen LogP contribution < -0.4 is 0 Å². The Bertz CT molecular complexity index is 471. The molecular formula is C9H5BrF2N2O2. The van der Waals surface area contributed by atoms with Crippen LogP contribution in [0.1, 0.15) is 33.6 Å². The first kappa shape index (κ1) is 12.5. The van der Waals surface area contributed by atoms with Crippen LogP contribution in [0.3, 0.4) is 0 Å². The molecule has 0 fully saturated rings. The molecule has 0 saturated carbocycles. The Morgan fingerprint density at radius 2 is 2.31 bits per heavy atom. The molecule has 1 N–H and O–H groups in total. The van der Waals surface area contributed by atoms with E-state index in [4.69, 9.17) is 10.4 Å². The van der Waals surface area contributed by atoms with Gasteiger partial charge in [0.25, 0.3) is 6.43 Å². The maximum absolute atomic E-state index is 12.7. The molecule has 1 aromatic heterocycles. The average Bonchev–Trinajstić information content (AvgIpc) is 2.26. The quantitative estimate of drug-likeness (QED) is 0.868. The van der Waals surface area contributed by atoms with Gasteiger partial charge in [0.2, 0.25) is 0 Å². The predicted molar refractivity (Wildman–Crippen MR) is 53.5 cm³/mol. The van der Waals surface area contributed by atoms with Crippen molar-refractivity contribution in [3.63, 3.8) is 0 Å². The minimum Gasteiger partial charge on any atom is -0.478 e. The van der Waals surface area contributed by atoms with Crippen molar-refractivity contribution in [2.45, 2.75) is 11.8 Å². The fourth-order valence-corrected chi connectivity index (χ4v) is 1.61. The van der Waals surface area contributed by atoms with Gasteiger partial charge in [0.1, 0.15) is 6.07 Å². The van der Waals surface area contributed by atoms with Crippen LogP contribution in [0.25, 0.3) is 0 Å². The van der Waals surface area contributed by atoms with Crippen LogP contribution in [0.15, 0.2) is 6.20 Å². The Kier molecular flexibility index (Phi) is 3.90. The molecule has 0 aliphatic heterocycles. The van der Waals surface area contributed by atoms with Crippen molar-refractivity contribution in [1.82, 2.24) is 4.98 Å². The van der Waals surface area contributed by atoms with Crippen LogP contribution >= 0.6 is 15.9 Å². The molecule has 84 valence electrons.